The number of hydrogen-bond donors (Lipinski definition) is 2. The molecular formula is C15H15FO2. The van der Waals surface area contributed by atoms with Gasteiger partial charge in [0.1, 0.15) is 17.3 Å². The molecule has 2 nitrogen and oxygen atoms in total. The number of aromatic hydroxyl groups is 2. The van der Waals surface area contributed by atoms with Gasteiger partial charge in [-0.15, -0.1) is 0 Å². The smallest absolute Gasteiger partial charge is 0.130 e. The van der Waals surface area contributed by atoms with Gasteiger partial charge in [-0.25, -0.2) is 4.39 Å². The van der Waals surface area contributed by atoms with Gasteiger partial charge in [0.2, 0.25) is 0 Å². The molecule has 0 aliphatic heterocycles. The van der Waals surface area contributed by atoms with E-state index in [0.717, 1.165) is 11.6 Å². The normalized spacial score (nSPS) is 12.3. The van der Waals surface area contributed by atoms with Crippen LogP contribution in [0.5, 0.6) is 11.5 Å². The first-order valence-electron chi connectivity index (χ1n) is 5.82. The van der Waals surface area contributed by atoms with E-state index in [1.165, 1.54) is 6.07 Å². The van der Waals surface area contributed by atoms with Crippen molar-refractivity contribution in [2.75, 3.05) is 0 Å². The first kappa shape index (κ1) is 12.4. The van der Waals surface area contributed by atoms with Crippen molar-refractivity contribution >= 4 is 0 Å². The van der Waals surface area contributed by atoms with Crippen LogP contribution in [0.15, 0.2) is 42.5 Å². The lowest BCUT2D eigenvalue weighted by Gasteiger charge is -2.13. The summed E-state index contributed by atoms with van der Waals surface area (Å²) in [6.07, 6.45) is 0.683. The van der Waals surface area contributed by atoms with Crippen molar-refractivity contribution in [1.29, 1.82) is 0 Å². The lowest BCUT2D eigenvalue weighted by molar-refractivity contribution is 0.466. The Kier molecular flexibility index (Phi) is 3.51. The van der Waals surface area contributed by atoms with Gasteiger partial charge < -0.3 is 10.2 Å². The highest BCUT2D eigenvalue weighted by atomic mass is 19.1. The second-order valence-corrected chi connectivity index (χ2v) is 4.48. The van der Waals surface area contributed by atoms with Crippen LogP contribution in [0.3, 0.4) is 0 Å². The fraction of sp³-hybridized carbons (Fsp3) is 0.200. The Morgan fingerprint density at radius 1 is 1.00 bits per heavy atom. The highest BCUT2D eigenvalue weighted by molar-refractivity contribution is 5.32. The molecule has 0 saturated carbocycles. The van der Waals surface area contributed by atoms with Gasteiger partial charge in [0.05, 0.1) is 0 Å². The number of benzene rings is 2. The zero-order chi connectivity index (χ0) is 13.1. The van der Waals surface area contributed by atoms with Crippen molar-refractivity contribution in [2.45, 2.75) is 19.3 Å². The van der Waals surface area contributed by atoms with Gasteiger partial charge in [-0.3, -0.25) is 0 Å². The zero-order valence-corrected chi connectivity index (χ0v) is 10.1. The summed E-state index contributed by atoms with van der Waals surface area (Å²) in [6, 6.07) is 11.1. The minimum Gasteiger partial charge on any atom is -0.508 e. The molecule has 0 spiro atoms. The van der Waals surface area contributed by atoms with E-state index in [9.17, 15) is 14.6 Å². The summed E-state index contributed by atoms with van der Waals surface area (Å²) in [5.74, 6) is -0.216. The first-order valence-corrected chi connectivity index (χ1v) is 5.82. The molecule has 0 aliphatic rings. The summed E-state index contributed by atoms with van der Waals surface area (Å²) in [7, 11) is 0. The predicted molar refractivity (Wildman–Crippen MR) is 68.3 cm³/mol. The standard InChI is InChI=1S/C15H15FO2/c1-10(8-11-2-4-12(17)5-3-11)14-7-6-13(18)9-15(14)16/h2-7,9-10,17-18H,8H2,1H3. The van der Waals surface area contributed by atoms with E-state index in [-0.39, 0.29) is 23.2 Å². The molecule has 0 radical (unpaired) electrons. The van der Waals surface area contributed by atoms with Crippen LogP contribution in [-0.2, 0) is 6.42 Å². The first-order chi connectivity index (χ1) is 8.56. The third-order valence-corrected chi connectivity index (χ3v) is 2.99. The number of phenolic OH excluding ortho intramolecular Hbond substituents is 2. The van der Waals surface area contributed by atoms with Crippen molar-refractivity contribution in [3.63, 3.8) is 0 Å². The Bertz CT molecular complexity index is 535. The molecule has 0 heterocycles. The molecule has 0 aliphatic carbocycles. The van der Waals surface area contributed by atoms with Crippen molar-refractivity contribution in [3.8, 4) is 11.5 Å². The molecular weight excluding hydrogens is 231 g/mol. The molecule has 2 aromatic carbocycles. The van der Waals surface area contributed by atoms with Crippen molar-refractivity contribution in [3.05, 3.63) is 59.4 Å². The summed E-state index contributed by atoms with van der Waals surface area (Å²) in [4.78, 5) is 0. The molecule has 0 fully saturated rings. The molecule has 2 rings (SSSR count). The van der Waals surface area contributed by atoms with Gasteiger partial charge in [-0.1, -0.05) is 25.1 Å². The fourth-order valence-corrected chi connectivity index (χ4v) is 2.01. The second-order valence-electron chi connectivity index (χ2n) is 4.48. The van der Waals surface area contributed by atoms with Crippen molar-refractivity contribution in [1.82, 2.24) is 0 Å². The maximum absolute atomic E-state index is 13.7. The van der Waals surface area contributed by atoms with E-state index >= 15 is 0 Å². The van der Waals surface area contributed by atoms with E-state index in [1.807, 2.05) is 19.1 Å². The number of hydrogen-bond acceptors (Lipinski definition) is 2. The molecule has 94 valence electrons. The average Bonchev–Trinajstić information content (AvgIpc) is 2.32. The predicted octanol–water partition coefficient (Wildman–Crippen LogP) is 3.58. The number of halogens is 1. The molecule has 2 aromatic rings. The van der Waals surface area contributed by atoms with Crippen LogP contribution in [0.1, 0.15) is 24.0 Å². The highest BCUT2D eigenvalue weighted by Crippen LogP contribution is 2.26. The lowest BCUT2D eigenvalue weighted by atomic mass is 9.93. The Balaban J connectivity index is 2.16. The maximum Gasteiger partial charge on any atom is 0.130 e. The second kappa shape index (κ2) is 5.08. The number of rotatable bonds is 3. The summed E-state index contributed by atoms with van der Waals surface area (Å²) in [6.45, 7) is 1.93. The summed E-state index contributed by atoms with van der Waals surface area (Å²) in [5, 5.41) is 18.4. The lowest BCUT2D eigenvalue weighted by Crippen LogP contribution is -2.01. The summed E-state index contributed by atoms with van der Waals surface area (Å²) >= 11 is 0. The summed E-state index contributed by atoms with van der Waals surface area (Å²) in [5.41, 5.74) is 1.62. The van der Waals surface area contributed by atoms with Gasteiger partial charge in [-0.2, -0.15) is 0 Å². The van der Waals surface area contributed by atoms with Gasteiger partial charge >= 0.3 is 0 Å². The Labute approximate surface area is 105 Å². The van der Waals surface area contributed by atoms with Crippen LogP contribution in [0.25, 0.3) is 0 Å². The van der Waals surface area contributed by atoms with Gasteiger partial charge in [0.15, 0.2) is 0 Å². The zero-order valence-electron chi connectivity index (χ0n) is 10.1. The molecule has 0 bridgehead atoms. The molecule has 1 atom stereocenters. The van der Waals surface area contributed by atoms with Gasteiger partial charge in [0, 0.05) is 6.07 Å². The topological polar surface area (TPSA) is 40.5 Å². The molecule has 0 saturated heterocycles. The van der Waals surface area contributed by atoms with Crippen LogP contribution in [-0.4, -0.2) is 10.2 Å². The Morgan fingerprint density at radius 2 is 1.61 bits per heavy atom. The monoisotopic (exact) mass is 246 g/mol. The SMILES string of the molecule is CC(Cc1ccc(O)cc1)c1ccc(O)cc1F. The molecule has 1 unspecified atom stereocenters. The average molecular weight is 246 g/mol. The molecule has 0 aromatic heterocycles. The number of phenols is 2. The van der Waals surface area contributed by atoms with E-state index in [2.05, 4.69) is 0 Å². The van der Waals surface area contributed by atoms with E-state index in [4.69, 9.17) is 0 Å². The van der Waals surface area contributed by atoms with Crippen LogP contribution >= 0.6 is 0 Å². The third-order valence-electron chi connectivity index (χ3n) is 2.99. The maximum atomic E-state index is 13.7. The third kappa shape index (κ3) is 2.80. The Hall–Kier alpha value is -2.03. The van der Waals surface area contributed by atoms with E-state index < -0.39 is 0 Å². The van der Waals surface area contributed by atoms with Crippen LogP contribution in [0.2, 0.25) is 0 Å². The highest BCUT2D eigenvalue weighted by Gasteiger charge is 2.12. The van der Waals surface area contributed by atoms with Crippen LogP contribution in [0.4, 0.5) is 4.39 Å². The van der Waals surface area contributed by atoms with E-state index in [1.54, 1.807) is 18.2 Å². The molecule has 3 heteroatoms. The Morgan fingerprint density at radius 3 is 2.22 bits per heavy atom. The van der Waals surface area contributed by atoms with E-state index in [0.29, 0.717) is 12.0 Å². The van der Waals surface area contributed by atoms with Crippen molar-refractivity contribution < 1.29 is 14.6 Å². The minimum absolute atomic E-state index is 0.00939. The van der Waals surface area contributed by atoms with Gasteiger partial charge in [-0.05, 0) is 41.7 Å². The summed E-state index contributed by atoms with van der Waals surface area (Å²) < 4.78 is 13.7. The minimum atomic E-state index is -0.388. The molecule has 2 N–H and O–H groups in total. The molecule has 0 amide bonds. The molecule has 18 heavy (non-hydrogen) atoms. The van der Waals surface area contributed by atoms with Crippen LogP contribution < -0.4 is 0 Å². The quantitative estimate of drug-likeness (QED) is 0.869. The van der Waals surface area contributed by atoms with Gasteiger partial charge in [0.25, 0.3) is 0 Å². The largest absolute Gasteiger partial charge is 0.508 e. The van der Waals surface area contributed by atoms with Crippen LogP contribution in [0, 0.1) is 5.82 Å². The fourth-order valence-electron chi connectivity index (χ4n) is 2.01. The van der Waals surface area contributed by atoms with Crippen molar-refractivity contribution in [2.24, 2.45) is 0 Å².